The summed E-state index contributed by atoms with van der Waals surface area (Å²) in [5, 5.41) is 21.0. The van der Waals surface area contributed by atoms with Crippen molar-refractivity contribution in [2.75, 3.05) is 6.54 Å². The summed E-state index contributed by atoms with van der Waals surface area (Å²) < 4.78 is 0. The van der Waals surface area contributed by atoms with Crippen molar-refractivity contribution in [2.45, 2.75) is 44.2 Å². The highest BCUT2D eigenvalue weighted by Crippen LogP contribution is 2.44. The summed E-state index contributed by atoms with van der Waals surface area (Å²) in [7, 11) is 0. The quantitative estimate of drug-likeness (QED) is 0.862. The van der Waals surface area contributed by atoms with E-state index in [1.165, 1.54) is 4.90 Å². The molecule has 1 aromatic rings. The van der Waals surface area contributed by atoms with E-state index in [2.05, 4.69) is 0 Å². The summed E-state index contributed by atoms with van der Waals surface area (Å²) in [5.41, 5.74) is -0.177. The van der Waals surface area contributed by atoms with Gasteiger partial charge in [0.25, 0.3) is 0 Å². The van der Waals surface area contributed by atoms with E-state index in [-0.39, 0.29) is 0 Å². The van der Waals surface area contributed by atoms with Crippen LogP contribution in [0.2, 0.25) is 10.0 Å². The van der Waals surface area contributed by atoms with Crippen LogP contribution in [0.15, 0.2) is 18.2 Å². The maximum atomic E-state index is 11.5. The van der Waals surface area contributed by atoms with Crippen molar-refractivity contribution >= 4 is 29.3 Å². The smallest absolute Gasteiger partial charge is 0.407 e. The van der Waals surface area contributed by atoms with Gasteiger partial charge in [0, 0.05) is 6.54 Å². The largest absolute Gasteiger partial charge is 0.465 e. The summed E-state index contributed by atoms with van der Waals surface area (Å²) in [5.74, 6) is 0. The summed E-state index contributed by atoms with van der Waals surface area (Å²) in [6, 6.07) is 4.95. The SMILES string of the molecule is CCCC1(C(O)c2ccc(Cl)c(Cl)c2)CCCN1C(=O)O. The van der Waals surface area contributed by atoms with E-state index < -0.39 is 17.7 Å². The van der Waals surface area contributed by atoms with Crippen LogP contribution in [0.25, 0.3) is 0 Å². The third-order valence-corrected chi connectivity index (χ3v) is 4.95. The molecule has 1 aliphatic rings. The number of aliphatic hydroxyl groups excluding tert-OH is 1. The predicted octanol–water partition coefficient (Wildman–Crippen LogP) is 4.34. The zero-order valence-electron chi connectivity index (χ0n) is 11.9. The van der Waals surface area contributed by atoms with Crippen LogP contribution in [0.5, 0.6) is 0 Å². The molecular formula is C15H19Cl2NO3. The molecule has 1 fully saturated rings. The fourth-order valence-electron chi connectivity index (χ4n) is 3.29. The molecule has 0 saturated carbocycles. The van der Waals surface area contributed by atoms with Crippen LogP contribution in [0.4, 0.5) is 4.79 Å². The number of hydrogen-bond donors (Lipinski definition) is 2. The van der Waals surface area contributed by atoms with Crippen LogP contribution in [0, 0.1) is 0 Å². The number of likely N-dealkylation sites (tertiary alicyclic amines) is 1. The lowest BCUT2D eigenvalue weighted by Gasteiger charge is -2.41. The average Bonchev–Trinajstić information content (AvgIpc) is 2.86. The lowest BCUT2D eigenvalue weighted by molar-refractivity contribution is -0.00828. The molecule has 116 valence electrons. The van der Waals surface area contributed by atoms with Gasteiger partial charge in [-0.25, -0.2) is 4.79 Å². The van der Waals surface area contributed by atoms with Gasteiger partial charge in [-0.3, -0.25) is 4.90 Å². The van der Waals surface area contributed by atoms with Crippen LogP contribution < -0.4 is 0 Å². The summed E-state index contributed by atoms with van der Waals surface area (Å²) in [6.07, 6.45) is 0.910. The van der Waals surface area contributed by atoms with Gasteiger partial charge in [-0.1, -0.05) is 42.6 Å². The van der Waals surface area contributed by atoms with E-state index in [0.717, 1.165) is 12.8 Å². The Morgan fingerprint density at radius 2 is 2.14 bits per heavy atom. The molecule has 4 nitrogen and oxygen atoms in total. The predicted molar refractivity (Wildman–Crippen MR) is 83.0 cm³/mol. The van der Waals surface area contributed by atoms with Crippen molar-refractivity contribution in [1.82, 2.24) is 4.90 Å². The Morgan fingerprint density at radius 1 is 1.43 bits per heavy atom. The number of halogens is 2. The van der Waals surface area contributed by atoms with E-state index in [0.29, 0.717) is 35.0 Å². The maximum absolute atomic E-state index is 11.5. The van der Waals surface area contributed by atoms with E-state index >= 15 is 0 Å². The fraction of sp³-hybridized carbons (Fsp3) is 0.533. The van der Waals surface area contributed by atoms with Gasteiger partial charge in [-0.15, -0.1) is 0 Å². The highest BCUT2D eigenvalue weighted by molar-refractivity contribution is 6.42. The molecule has 21 heavy (non-hydrogen) atoms. The first-order chi connectivity index (χ1) is 9.92. The topological polar surface area (TPSA) is 60.8 Å². The summed E-state index contributed by atoms with van der Waals surface area (Å²) in [4.78, 5) is 12.9. The van der Waals surface area contributed by atoms with Crippen molar-refractivity contribution in [2.24, 2.45) is 0 Å². The first-order valence-corrected chi connectivity index (χ1v) is 7.81. The normalized spacial score (nSPS) is 23.3. The highest BCUT2D eigenvalue weighted by Gasteiger charge is 2.48. The molecular weight excluding hydrogens is 313 g/mol. The van der Waals surface area contributed by atoms with Gasteiger partial charge in [0.05, 0.1) is 15.6 Å². The maximum Gasteiger partial charge on any atom is 0.407 e. The van der Waals surface area contributed by atoms with Crippen molar-refractivity contribution < 1.29 is 15.0 Å². The van der Waals surface area contributed by atoms with Gasteiger partial charge < -0.3 is 10.2 Å². The molecule has 2 N–H and O–H groups in total. The first kappa shape index (κ1) is 16.4. The molecule has 1 amide bonds. The lowest BCUT2D eigenvalue weighted by Crippen LogP contribution is -2.51. The Morgan fingerprint density at radius 3 is 2.71 bits per heavy atom. The van der Waals surface area contributed by atoms with Crippen LogP contribution in [-0.4, -0.2) is 33.3 Å². The van der Waals surface area contributed by atoms with Crippen molar-refractivity contribution in [3.63, 3.8) is 0 Å². The molecule has 1 saturated heterocycles. The van der Waals surface area contributed by atoms with Crippen molar-refractivity contribution in [1.29, 1.82) is 0 Å². The second-order valence-electron chi connectivity index (χ2n) is 5.47. The van der Waals surface area contributed by atoms with Crippen LogP contribution in [0.1, 0.15) is 44.3 Å². The third-order valence-electron chi connectivity index (χ3n) is 4.21. The van der Waals surface area contributed by atoms with E-state index in [1.54, 1.807) is 18.2 Å². The van der Waals surface area contributed by atoms with Gasteiger partial charge in [0.15, 0.2) is 0 Å². The van der Waals surface area contributed by atoms with Crippen molar-refractivity contribution in [3.8, 4) is 0 Å². The Kier molecular flexibility index (Phi) is 5.02. The van der Waals surface area contributed by atoms with Gasteiger partial charge in [0.1, 0.15) is 6.10 Å². The van der Waals surface area contributed by atoms with Crippen LogP contribution in [0.3, 0.4) is 0 Å². The Labute approximate surface area is 134 Å². The molecule has 6 heteroatoms. The zero-order chi connectivity index (χ0) is 15.6. The van der Waals surface area contributed by atoms with E-state index in [9.17, 15) is 15.0 Å². The van der Waals surface area contributed by atoms with Crippen LogP contribution >= 0.6 is 23.2 Å². The molecule has 0 spiro atoms. The molecule has 0 aromatic heterocycles. The third kappa shape index (κ3) is 2.98. The highest BCUT2D eigenvalue weighted by atomic mass is 35.5. The molecule has 2 unspecified atom stereocenters. The Hall–Kier alpha value is -0.970. The van der Waals surface area contributed by atoms with Gasteiger partial charge in [-0.2, -0.15) is 0 Å². The van der Waals surface area contributed by atoms with Gasteiger partial charge in [-0.05, 0) is 37.0 Å². The van der Waals surface area contributed by atoms with E-state index in [1.807, 2.05) is 6.92 Å². The molecule has 0 radical (unpaired) electrons. The Bertz CT molecular complexity index is 538. The minimum atomic E-state index is -0.986. The molecule has 1 aliphatic heterocycles. The molecule has 1 heterocycles. The second-order valence-corrected chi connectivity index (χ2v) is 6.28. The number of aliphatic hydroxyl groups is 1. The van der Waals surface area contributed by atoms with Gasteiger partial charge >= 0.3 is 6.09 Å². The molecule has 2 rings (SSSR count). The Balaban J connectivity index is 2.41. The standard InChI is InChI=1S/C15H19Cl2NO3/c1-2-6-15(7-3-8-18(15)14(20)21)13(19)10-4-5-11(16)12(17)9-10/h4-5,9,13,19H,2-3,6-8H2,1H3,(H,20,21). The minimum Gasteiger partial charge on any atom is -0.465 e. The monoisotopic (exact) mass is 331 g/mol. The summed E-state index contributed by atoms with van der Waals surface area (Å²) >= 11 is 11.9. The number of hydrogen-bond acceptors (Lipinski definition) is 2. The molecule has 0 bridgehead atoms. The number of carboxylic acid groups (broad SMARTS) is 1. The first-order valence-electron chi connectivity index (χ1n) is 7.06. The molecule has 0 aliphatic carbocycles. The fourth-order valence-corrected chi connectivity index (χ4v) is 3.60. The van der Waals surface area contributed by atoms with Gasteiger partial charge in [0.2, 0.25) is 0 Å². The number of rotatable bonds is 4. The number of benzene rings is 1. The van der Waals surface area contributed by atoms with Crippen LogP contribution in [-0.2, 0) is 0 Å². The number of nitrogens with zero attached hydrogens (tertiary/aromatic N) is 1. The minimum absolute atomic E-state index is 0.361. The number of carbonyl (C=O) groups is 1. The molecule has 1 aromatic carbocycles. The average molecular weight is 332 g/mol. The lowest BCUT2D eigenvalue weighted by atomic mass is 9.81. The number of amides is 1. The zero-order valence-corrected chi connectivity index (χ0v) is 13.4. The molecule has 2 atom stereocenters. The summed E-state index contributed by atoms with van der Waals surface area (Å²) in [6.45, 7) is 2.44. The van der Waals surface area contributed by atoms with E-state index in [4.69, 9.17) is 23.2 Å². The second kappa shape index (κ2) is 6.42. The van der Waals surface area contributed by atoms with Crippen molar-refractivity contribution in [3.05, 3.63) is 33.8 Å².